The highest BCUT2D eigenvalue weighted by Gasteiger charge is 2.33. The second kappa shape index (κ2) is 6.70. The van der Waals surface area contributed by atoms with Crippen LogP contribution in [0.5, 0.6) is 0 Å². The van der Waals surface area contributed by atoms with Crippen LogP contribution in [0.3, 0.4) is 0 Å². The fourth-order valence-electron chi connectivity index (χ4n) is 2.65. The van der Waals surface area contributed by atoms with Gasteiger partial charge in [0.1, 0.15) is 5.82 Å². The Bertz CT molecular complexity index is 545. The Balaban J connectivity index is 2.27. The molecule has 0 fully saturated rings. The number of halogens is 1. The molecule has 0 aromatic heterocycles. The molecule has 0 radical (unpaired) electrons. The molecule has 0 saturated carbocycles. The van der Waals surface area contributed by atoms with E-state index in [1.807, 2.05) is 6.92 Å². The van der Waals surface area contributed by atoms with E-state index in [0.29, 0.717) is 24.3 Å². The van der Waals surface area contributed by atoms with Gasteiger partial charge in [-0.2, -0.15) is 0 Å². The molecule has 1 aliphatic heterocycles. The molecule has 0 aliphatic carbocycles. The molecule has 0 saturated heterocycles. The van der Waals surface area contributed by atoms with Gasteiger partial charge in [0.05, 0.1) is 5.92 Å². The van der Waals surface area contributed by atoms with Gasteiger partial charge in [-0.1, -0.05) is 19.4 Å². The standard InChI is InChI=1S/C16H21FN2O2/c1-3-5-8-19(4-2)16(21)13-10-15(20)18-14-9-11(17)6-7-12(13)14/h6-7,9,13H,3-5,8,10H2,1-2H3,(H,18,20). The van der Waals surface area contributed by atoms with Crippen molar-refractivity contribution in [2.75, 3.05) is 18.4 Å². The summed E-state index contributed by atoms with van der Waals surface area (Å²) >= 11 is 0. The van der Waals surface area contributed by atoms with E-state index in [1.165, 1.54) is 12.1 Å². The first kappa shape index (κ1) is 15.5. The molecular formula is C16H21FN2O2. The normalized spacial score (nSPS) is 17.1. The molecule has 1 heterocycles. The minimum atomic E-state index is -0.508. The lowest BCUT2D eigenvalue weighted by Gasteiger charge is -2.30. The smallest absolute Gasteiger partial charge is 0.230 e. The SMILES string of the molecule is CCCCN(CC)C(=O)C1CC(=O)Nc2cc(F)ccc21. The minimum Gasteiger partial charge on any atom is -0.342 e. The van der Waals surface area contributed by atoms with Crippen LogP contribution in [0.1, 0.15) is 44.6 Å². The molecule has 114 valence electrons. The first-order valence-corrected chi connectivity index (χ1v) is 7.44. The van der Waals surface area contributed by atoms with Crippen molar-refractivity contribution in [1.82, 2.24) is 4.90 Å². The molecular weight excluding hydrogens is 271 g/mol. The molecule has 1 atom stereocenters. The summed E-state index contributed by atoms with van der Waals surface area (Å²) in [6, 6.07) is 4.20. The van der Waals surface area contributed by atoms with Crippen molar-refractivity contribution in [1.29, 1.82) is 0 Å². The molecule has 1 N–H and O–H groups in total. The maximum absolute atomic E-state index is 13.3. The van der Waals surface area contributed by atoms with E-state index < -0.39 is 11.7 Å². The second-order valence-electron chi connectivity index (χ2n) is 5.31. The molecule has 1 unspecified atom stereocenters. The van der Waals surface area contributed by atoms with Crippen molar-refractivity contribution in [3.8, 4) is 0 Å². The lowest BCUT2D eigenvalue weighted by Crippen LogP contribution is -2.39. The highest BCUT2D eigenvalue weighted by Crippen LogP contribution is 2.34. The Labute approximate surface area is 124 Å². The summed E-state index contributed by atoms with van der Waals surface area (Å²) in [6.45, 7) is 5.32. The summed E-state index contributed by atoms with van der Waals surface area (Å²) in [5.74, 6) is -1.21. The van der Waals surface area contributed by atoms with Crippen molar-refractivity contribution < 1.29 is 14.0 Å². The second-order valence-corrected chi connectivity index (χ2v) is 5.31. The predicted octanol–water partition coefficient (Wildman–Crippen LogP) is 2.90. The van der Waals surface area contributed by atoms with Crippen LogP contribution in [0.25, 0.3) is 0 Å². The summed E-state index contributed by atoms with van der Waals surface area (Å²) in [6.07, 6.45) is 2.07. The molecule has 21 heavy (non-hydrogen) atoms. The summed E-state index contributed by atoms with van der Waals surface area (Å²) < 4.78 is 13.3. The van der Waals surface area contributed by atoms with Gasteiger partial charge in [-0.3, -0.25) is 9.59 Å². The van der Waals surface area contributed by atoms with E-state index in [0.717, 1.165) is 12.8 Å². The number of amides is 2. The number of nitrogens with zero attached hydrogens (tertiary/aromatic N) is 1. The number of hydrogen-bond acceptors (Lipinski definition) is 2. The number of benzene rings is 1. The van der Waals surface area contributed by atoms with Gasteiger partial charge < -0.3 is 10.2 Å². The van der Waals surface area contributed by atoms with Gasteiger partial charge in [-0.05, 0) is 31.0 Å². The maximum Gasteiger partial charge on any atom is 0.230 e. The van der Waals surface area contributed by atoms with Gasteiger partial charge in [0.2, 0.25) is 11.8 Å². The average molecular weight is 292 g/mol. The van der Waals surface area contributed by atoms with Gasteiger partial charge >= 0.3 is 0 Å². The molecule has 1 aliphatic rings. The topological polar surface area (TPSA) is 49.4 Å². The van der Waals surface area contributed by atoms with Gasteiger partial charge in [0.15, 0.2) is 0 Å². The number of anilines is 1. The van der Waals surface area contributed by atoms with Crippen LogP contribution in [0.15, 0.2) is 18.2 Å². The fraction of sp³-hybridized carbons (Fsp3) is 0.500. The molecule has 0 bridgehead atoms. The van der Waals surface area contributed by atoms with Gasteiger partial charge in [-0.15, -0.1) is 0 Å². The number of carbonyl (C=O) groups is 2. The van der Waals surface area contributed by atoms with Crippen molar-refractivity contribution in [3.05, 3.63) is 29.6 Å². The van der Waals surface area contributed by atoms with E-state index in [-0.39, 0.29) is 18.2 Å². The third-order valence-electron chi connectivity index (χ3n) is 3.83. The molecule has 1 aromatic carbocycles. The zero-order chi connectivity index (χ0) is 15.4. The van der Waals surface area contributed by atoms with E-state index in [4.69, 9.17) is 0 Å². The molecule has 5 heteroatoms. The Morgan fingerprint density at radius 1 is 1.43 bits per heavy atom. The summed E-state index contributed by atoms with van der Waals surface area (Å²) in [5.41, 5.74) is 1.12. The zero-order valence-electron chi connectivity index (χ0n) is 12.5. The van der Waals surface area contributed by atoms with Crippen molar-refractivity contribution in [2.24, 2.45) is 0 Å². The summed E-state index contributed by atoms with van der Waals surface area (Å²) in [7, 11) is 0. The minimum absolute atomic E-state index is 0.0475. The maximum atomic E-state index is 13.3. The summed E-state index contributed by atoms with van der Waals surface area (Å²) in [4.78, 5) is 26.2. The van der Waals surface area contributed by atoms with E-state index >= 15 is 0 Å². The van der Waals surface area contributed by atoms with Gasteiger partial charge in [0.25, 0.3) is 0 Å². The quantitative estimate of drug-likeness (QED) is 0.907. The van der Waals surface area contributed by atoms with Crippen molar-refractivity contribution >= 4 is 17.5 Å². The fourth-order valence-corrected chi connectivity index (χ4v) is 2.65. The number of likely N-dealkylation sites (N-methyl/N-ethyl adjacent to an activating group) is 1. The number of carbonyl (C=O) groups excluding carboxylic acids is 2. The number of hydrogen-bond donors (Lipinski definition) is 1. The van der Waals surface area contributed by atoms with Crippen molar-refractivity contribution in [2.45, 2.75) is 39.0 Å². The van der Waals surface area contributed by atoms with Crippen LogP contribution in [-0.2, 0) is 9.59 Å². The molecule has 2 rings (SSSR count). The zero-order valence-corrected chi connectivity index (χ0v) is 12.5. The van der Waals surface area contributed by atoms with E-state index in [9.17, 15) is 14.0 Å². The molecule has 4 nitrogen and oxygen atoms in total. The Morgan fingerprint density at radius 2 is 2.19 bits per heavy atom. The van der Waals surface area contributed by atoms with Crippen LogP contribution < -0.4 is 5.32 Å². The number of nitrogens with one attached hydrogen (secondary N) is 1. The largest absolute Gasteiger partial charge is 0.342 e. The number of unbranched alkanes of at least 4 members (excludes halogenated alkanes) is 1. The number of fused-ring (bicyclic) bond motifs is 1. The van der Waals surface area contributed by atoms with Gasteiger partial charge in [0, 0.05) is 25.2 Å². The lowest BCUT2D eigenvalue weighted by atomic mass is 9.89. The lowest BCUT2D eigenvalue weighted by molar-refractivity contribution is -0.134. The monoisotopic (exact) mass is 292 g/mol. The third-order valence-corrected chi connectivity index (χ3v) is 3.83. The highest BCUT2D eigenvalue weighted by atomic mass is 19.1. The Hall–Kier alpha value is -1.91. The Kier molecular flexibility index (Phi) is 4.94. The van der Waals surface area contributed by atoms with Crippen LogP contribution in [0.4, 0.5) is 10.1 Å². The average Bonchev–Trinajstić information content (AvgIpc) is 2.46. The van der Waals surface area contributed by atoms with E-state index in [2.05, 4.69) is 12.2 Å². The van der Waals surface area contributed by atoms with Gasteiger partial charge in [-0.25, -0.2) is 4.39 Å². The number of rotatable bonds is 5. The third kappa shape index (κ3) is 3.40. The van der Waals surface area contributed by atoms with Crippen molar-refractivity contribution in [3.63, 3.8) is 0 Å². The van der Waals surface area contributed by atoms with Crippen LogP contribution in [-0.4, -0.2) is 29.8 Å². The predicted molar refractivity (Wildman–Crippen MR) is 79.5 cm³/mol. The molecule has 1 aromatic rings. The molecule has 2 amide bonds. The molecule has 0 spiro atoms. The van der Waals surface area contributed by atoms with Crippen LogP contribution >= 0.6 is 0 Å². The van der Waals surface area contributed by atoms with E-state index in [1.54, 1.807) is 11.0 Å². The Morgan fingerprint density at radius 3 is 2.86 bits per heavy atom. The highest BCUT2D eigenvalue weighted by molar-refractivity contribution is 6.01. The first-order valence-electron chi connectivity index (χ1n) is 7.44. The first-order chi connectivity index (χ1) is 10.1. The van der Waals surface area contributed by atoms with Crippen LogP contribution in [0.2, 0.25) is 0 Å². The van der Waals surface area contributed by atoms with Crippen LogP contribution in [0, 0.1) is 5.82 Å². The summed E-state index contributed by atoms with van der Waals surface area (Å²) in [5, 5.41) is 2.64.